The van der Waals surface area contributed by atoms with Crippen molar-refractivity contribution in [1.82, 2.24) is 10.3 Å². The monoisotopic (exact) mass is 335 g/mol. The molecule has 1 atom stereocenters. The standard InChI is InChI=1S/C16H21N3O3S/c1-5-7-18-14(20)11(4)23-15-12(9-17)8-13(10(3)19-15)16(21)22-6-2/h8,11H,5-7H2,1-4H3,(H,18,20)/t11-/m1/s1. The number of hydrogen-bond donors (Lipinski definition) is 1. The summed E-state index contributed by atoms with van der Waals surface area (Å²) in [6, 6.07) is 3.50. The van der Waals surface area contributed by atoms with E-state index in [0.29, 0.717) is 17.3 Å². The molecule has 0 aromatic carbocycles. The molecule has 0 spiro atoms. The van der Waals surface area contributed by atoms with Gasteiger partial charge in [-0.05, 0) is 33.3 Å². The molecule has 7 heteroatoms. The number of nitriles is 1. The van der Waals surface area contributed by atoms with Crippen molar-refractivity contribution in [3.63, 3.8) is 0 Å². The first kappa shape index (κ1) is 19.0. The van der Waals surface area contributed by atoms with Gasteiger partial charge in [-0.15, -0.1) is 0 Å². The minimum atomic E-state index is -0.501. The average Bonchev–Trinajstić information content (AvgIpc) is 2.52. The topological polar surface area (TPSA) is 92.1 Å². The van der Waals surface area contributed by atoms with Gasteiger partial charge in [0.1, 0.15) is 11.1 Å². The Labute approximate surface area is 140 Å². The van der Waals surface area contributed by atoms with Gasteiger partial charge in [0.25, 0.3) is 0 Å². The van der Waals surface area contributed by atoms with Crippen LogP contribution in [-0.4, -0.2) is 35.3 Å². The number of nitrogens with one attached hydrogen (secondary N) is 1. The molecule has 0 bridgehead atoms. The third kappa shape index (κ3) is 5.25. The quantitative estimate of drug-likeness (QED) is 0.608. The van der Waals surface area contributed by atoms with Crippen molar-refractivity contribution < 1.29 is 14.3 Å². The Morgan fingerprint density at radius 1 is 1.48 bits per heavy atom. The number of thioether (sulfide) groups is 1. The number of amides is 1. The number of aryl methyl sites for hydroxylation is 1. The van der Waals surface area contributed by atoms with E-state index in [-0.39, 0.29) is 28.9 Å². The van der Waals surface area contributed by atoms with Gasteiger partial charge in [0.15, 0.2) is 0 Å². The molecule has 1 heterocycles. The van der Waals surface area contributed by atoms with Crippen molar-refractivity contribution in [2.75, 3.05) is 13.2 Å². The number of nitrogens with zero attached hydrogens (tertiary/aromatic N) is 2. The zero-order chi connectivity index (χ0) is 17.4. The molecule has 1 rings (SSSR count). The zero-order valence-corrected chi connectivity index (χ0v) is 14.6. The molecular formula is C16H21N3O3S. The van der Waals surface area contributed by atoms with Gasteiger partial charge < -0.3 is 10.1 Å². The number of esters is 1. The molecule has 1 aromatic rings. The van der Waals surface area contributed by atoms with E-state index in [0.717, 1.165) is 6.42 Å². The van der Waals surface area contributed by atoms with Crippen LogP contribution in [0.25, 0.3) is 0 Å². The van der Waals surface area contributed by atoms with Crippen LogP contribution >= 0.6 is 11.8 Å². The molecule has 0 saturated carbocycles. The Balaban J connectivity index is 3.00. The fraction of sp³-hybridized carbons (Fsp3) is 0.500. The fourth-order valence-corrected chi connectivity index (χ4v) is 2.73. The predicted octanol–water partition coefficient (Wildman–Crippen LogP) is 2.45. The number of aromatic nitrogens is 1. The molecule has 124 valence electrons. The highest BCUT2D eigenvalue weighted by Crippen LogP contribution is 2.27. The molecule has 23 heavy (non-hydrogen) atoms. The number of hydrogen-bond acceptors (Lipinski definition) is 6. The van der Waals surface area contributed by atoms with Crippen LogP contribution in [0.2, 0.25) is 0 Å². The Bertz CT molecular complexity index is 626. The maximum absolute atomic E-state index is 11.9. The van der Waals surface area contributed by atoms with Gasteiger partial charge in [0.2, 0.25) is 5.91 Å². The summed E-state index contributed by atoms with van der Waals surface area (Å²) in [5, 5.41) is 12.1. The summed E-state index contributed by atoms with van der Waals surface area (Å²) < 4.78 is 4.95. The lowest BCUT2D eigenvalue weighted by Gasteiger charge is -2.13. The fourth-order valence-electron chi connectivity index (χ4n) is 1.78. The van der Waals surface area contributed by atoms with E-state index >= 15 is 0 Å². The number of rotatable bonds is 7. The van der Waals surface area contributed by atoms with Gasteiger partial charge in [-0.2, -0.15) is 5.26 Å². The second-order valence-electron chi connectivity index (χ2n) is 4.86. The number of pyridine rings is 1. The first-order valence-electron chi connectivity index (χ1n) is 7.47. The summed E-state index contributed by atoms with van der Waals surface area (Å²) in [5.41, 5.74) is 1.01. The second kappa shape index (κ2) is 9.16. The van der Waals surface area contributed by atoms with Crippen molar-refractivity contribution in [2.24, 2.45) is 0 Å². The van der Waals surface area contributed by atoms with Gasteiger partial charge in [0.05, 0.1) is 28.7 Å². The molecule has 0 saturated heterocycles. The van der Waals surface area contributed by atoms with Crippen molar-refractivity contribution in [2.45, 2.75) is 44.4 Å². The maximum Gasteiger partial charge on any atom is 0.340 e. The third-order valence-corrected chi connectivity index (χ3v) is 4.10. The van der Waals surface area contributed by atoms with E-state index in [2.05, 4.69) is 10.3 Å². The lowest BCUT2D eigenvalue weighted by Crippen LogP contribution is -2.31. The third-order valence-electron chi connectivity index (χ3n) is 3.00. The molecule has 1 N–H and O–H groups in total. The molecule has 0 aliphatic carbocycles. The van der Waals surface area contributed by atoms with E-state index in [1.165, 1.54) is 17.8 Å². The molecule has 6 nitrogen and oxygen atoms in total. The van der Waals surface area contributed by atoms with Gasteiger partial charge in [0, 0.05) is 6.54 Å². The minimum absolute atomic E-state index is 0.102. The summed E-state index contributed by atoms with van der Waals surface area (Å²) in [6.07, 6.45) is 0.859. The first-order valence-corrected chi connectivity index (χ1v) is 8.35. The Morgan fingerprint density at radius 3 is 2.74 bits per heavy atom. The van der Waals surface area contributed by atoms with Crippen molar-refractivity contribution in [3.8, 4) is 6.07 Å². The number of carbonyl (C=O) groups excluding carboxylic acids is 2. The molecule has 0 unspecified atom stereocenters. The first-order chi connectivity index (χ1) is 10.9. The lowest BCUT2D eigenvalue weighted by molar-refractivity contribution is -0.120. The van der Waals surface area contributed by atoms with Crippen LogP contribution < -0.4 is 5.32 Å². The maximum atomic E-state index is 11.9. The second-order valence-corrected chi connectivity index (χ2v) is 6.19. The summed E-state index contributed by atoms with van der Waals surface area (Å²) in [4.78, 5) is 28.1. The van der Waals surface area contributed by atoms with Crippen LogP contribution in [0.4, 0.5) is 0 Å². The number of ether oxygens (including phenoxy) is 1. The average molecular weight is 335 g/mol. The van der Waals surface area contributed by atoms with Crippen molar-refractivity contribution in [1.29, 1.82) is 5.26 Å². The summed E-state index contributed by atoms with van der Waals surface area (Å²) in [6.45, 7) is 8.00. The van der Waals surface area contributed by atoms with Crippen molar-refractivity contribution in [3.05, 3.63) is 22.9 Å². The van der Waals surface area contributed by atoms with Crippen LogP contribution in [0.5, 0.6) is 0 Å². The summed E-state index contributed by atoms with van der Waals surface area (Å²) >= 11 is 1.20. The summed E-state index contributed by atoms with van der Waals surface area (Å²) in [5.74, 6) is -0.603. The van der Waals surface area contributed by atoms with E-state index < -0.39 is 5.97 Å². The highest BCUT2D eigenvalue weighted by Gasteiger charge is 2.20. The summed E-state index contributed by atoms with van der Waals surface area (Å²) in [7, 11) is 0. The van der Waals surface area contributed by atoms with E-state index in [9.17, 15) is 14.9 Å². The molecule has 0 radical (unpaired) electrons. The SMILES string of the molecule is CCCNC(=O)[C@@H](C)Sc1nc(C)c(C(=O)OCC)cc1C#N. The van der Waals surface area contributed by atoms with Crippen LogP contribution in [0.1, 0.15) is 48.8 Å². The van der Waals surface area contributed by atoms with Gasteiger partial charge >= 0.3 is 5.97 Å². The molecule has 0 fully saturated rings. The molecule has 0 aliphatic heterocycles. The van der Waals surface area contributed by atoms with Crippen LogP contribution in [0.15, 0.2) is 11.1 Å². The normalized spacial score (nSPS) is 11.4. The van der Waals surface area contributed by atoms with Gasteiger partial charge in [-0.1, -0.05) is 18.7 Å². The predicted molar refractivity (Wildman–Crippen MR) is 88.3 cm³/mol. The Hall–Kier alpha value is -2.07. The lowest BCUT2D eigenvalue weighted by atomic mass is 10.1. The Kier molecular flexibility index (Phi) is 7.55. The van der Waals surface area contributed by atoms with Crippen LogP contribution in [-0.2, 0) is 9.53 Å². The molecular weight excluding hydrogens is 314 g/mol. The smallest absolute Gasteiger partial charge is 0.340 e. The van der Waals surface area contributed by atoms with Gasteiger partial charge in [-0.25, -0.2) is 9.78 Å². The molecule has 0 aliphatic rings. The molecule has 1 amide bonds. The van der Waals surface area contributed by atoms with E-state index in [1.54, 1.807) is 20.8 Å². The largest absolute Gasteiger partial charge is 0.462 e. The highest BCUT2D eigenvalue weighted by molar-refractivity contribution is 8.00. The van der Waals surface area contributed by atoms with Crippen LogP contribution in [0, 0.1) is 18.3 Å². The van der Waals surface area contributed by atoms with E-state index in [1.807, 2.05) is 13.0 Å². The van der Waals surface area contributed by atoms with E-state index in [4.69, 9.17) is 4.74 Å². The zero-order valence-electron chi connectivity index (χ0n) is 13.8. The molecule has 1 aromatic heterocycles. The minimum Gasteiger partial charge on any atom is -0.462 e. The highest BCUT2D eigenvalue weighted by atomic mass is 32.2. The van der Waals surface area contributed by atoms with Crippen molar-refractivity contribution >= 4 is 23.6 Å². The van der Waals surface area contributed by atoms with Crippen LogP contribution in [0.3, 0.4) is 0 Å². The Morgan fingerprint density at radius 2 is 2.17 bits per heavy atom. The number of carbonyl (C=O) groups is 2. The van der Waals surface area contributed by atoms with Gasteiger partial charge in [-0.3, -0.25) is 4.79 Å².